The molecule has 0 atom stereocenters. The number of benzene rings is 1. The van der Waals surface area contributed by atoms with E-state index in [0.717, 1.165) is 15.0 Å². The summed E-state index contributed by atoms with van der Waals surface area (Å²) < 4.78 is 0.994. The molecular weight excluding hydrogens is 206 g/mol. The number of rotatable bonds is 1. The summed E-state index contributed by atoms with van der Waals surface area (Å²) in [6.07, 6.45) is 0. The van der Waals surface area contributed by atoms with Gasteiger partial charge in [0.25, 0.3) is 0 Å². The van der Waals surface area contributed by atoms with Crippen LogP contribution in [0.25, 0.3) is 10.1 Å². The van der Waals surface area contributed by atoms with Crippen LogP contribution in [0, 0.1) is 0 Å². The van der Waals surface area contributed by atoms with Gasteiger partial charge < -0.3 is 10.8 Å². The minimum Gasteiger partial charge on any atom is -0.508 e. The highest BCUT2D eigenvalue weighted by Crippen LogP contribution is 2.34. The highest BCUT2D eigenvalue weighted by atomic mass is 35.5. The molecule has 2 aromatic rings. The smallest absolute Gasteiger partial charge is 0.118 e. The highest BCUT2D eigenvalue weighted by Gasteiger charge is 2.05. The maximum absolute atomic E-state index is 9.28. The van der Waals surface area contributed by atoms with Crippen LogP contribution in [0.1, 0.15) is 4.88 Å². The van der Waals surface area contributed by atoms with Gasteiger partial charge in [-0.05, 0) is 17.5 Å². The van der Waals surface area contributed by atoms with Crippen LogP contribution in [0.5, 0.6) is 5.75 Å². The Kier molecular flexibility index (Phi) is 2.06. The van der Waals surface area contributed by atoms with E-state index in [2.05, 4.69) is 0 Å². The average Bonchev–Trinajstić information content (AvgIpc) is 2.47. The predicted molar refractivity (Wildman–Crippen MR) is 57.5 cm³/mol. The minimum absolute atomic E-state index is 0.198. The fourth-order valence-electron chi connectivity index (χ4n) is 1.28. The predicted octanol–water partition coefficient (Wildman–Crippen LogP) is 2.93. The Hall–Kier alpha value is -0.930. The van der Waals surface area contributed by atoms with Gasteiger partial charge in [-0.2, -0.15) is 0 Å². The Labute approximate surface area is 84.6 Å². The lowest BCUT2D eigenvalue weighted by Gasteiger charge is -1.96. The average molecular weight is 214 g/mol. The van der Waals surface area contributed by atoms with E-state index >= 15 is 0 Å². The molecule has 0 aliphatic rings. The van der Waals surface area contributed by atoms with Crippen LogP contribution in [0.2, 0.25) is 0 Å². The molecule has 0 saturated carbocycles. The zero-order valence-electron chi connectivity index (χ0n) is 6.75. The molecule has 13 heavy (non-hydrogen) atoms. The van der Waals surface area contributed by atoms with Crippen LogP contribution in [0.3, 0.4) is 0 Å². The monoisotopic (exact) mass is 213 g/mol. The molecule has 0 saturated heterocycles. The maximum Gasteiger partial charge on any atom is 0.118 e. The molecule has 0 aliphatic carbocycles. The summed E-state index contributed by atoms with van der Waals surface area (Å²) in [5, 5.41) is 10.2. The van der Waals surface area contributed by atoms with Crippen molar-refractivity contribution in [1.29, 1.82) is 0 Å². The van der Waals surface area contributed by atoms with Gasteiger partial charge in [-0.3, -0.25) is 0 Å². The van der Waals surface area contributed by atoms with Crippen LogP contribution < -0.4 is 5.73 Å². The van der Waals surface area contributed by atoms with Crippen LogP contribution >= 0.6 is 22.9 Å². The van der Waals surface area contributed by atoms with Crippen molar-refractivity contribution in [1.82, 2.24) is 0 Å². The lowest BCUT2D eigenvalue weighted by molar-refractivity contribution is 0.476. The number of anilines is 1. The van der Waals surface area contributed by atoms with Crippen molar-refractivity contribution in [2.75, 3.05) is 5.73 Å². The maximum atomic E-state index is 9.28. The van der Waals surface area contributed by atoms with Gasteiger partial charge in [-0.1, -0.05) is 0 Å². The van der Waals surface area contributed by atoms with E-state index in [9.17, 15) is 5.11 Å². The molecule has 0 aliphatic heterocycles. The number of nitrogens with two attached hydrogens (primary N) is 1. The molecule has 0 bridgehead atoms. The number of fused-ring (bicyclic) bond motifs is 1. The molecule has 0 fully saturated rings. The fraction of sp³-hybridized carbons (Fsp3) is 0.111. The van der Waals surface area contributed by atoms with Crippen molar-refractivity contribution < 1.29 is 5.11 Å². The van der Waals surface area contributed by atoms with E-state index in [1.807, 2.05) is 6.07 Å². The number of halogens is 1. The van der Waals surface area contributed by atoms with Gasteiger partial charge in [-0.15, -0.1) is 22.9 Å². The molecule has 4 heteroatoms. The van der Waals surface area contributed by atoms with Crippen molar-refractivity contribution in [2.24, 2.45) is 0 Å². The first kappa shape index (κ1) is 8.66. The second-order valence-electron chi connectivity index (χ2n) is 2.80. The third-order valence-electron chi connectivity index (χ3n) is 1.81. The van der Waals surface area contributed by atoms with E-state index in [4.69, 9.17) is 17.3 Å². The standard InChI is InChI=1S/C9H8ClNOS/c10-4-7-2-5-1-6(12)3-8(11)9(5)13-7/h1-3,12H,4,11H2. The van der Waals surface area contributed by atoms with Crippen LogP contribution in [-0.4, -0.2) is 5.11 Å². The van der Waals surface area contributed by atoms with E-state index < -0.39 is 0 Å². The van der Waals surface area contributed by atoms with Crippen molar-refractivity contribution in [3.8, 4) is 5.75 Å². The van der Waals surface area contributed by atoms with E-state index in [1.54, 1.807) is 23.5 Å². The van der Waals surface area contributed by atoms with E-state index in [0.29, 0.717) is 11.6 Å². The highest BCUT2D eigenvalue weighted by molar-refractivity contribution is 7.19. The molecule has 2 nitrogen and oxygen atoms in total. The quantitative estimate of drug-likeness (QED) is 0.565. The molecule has 2 rings (SSSR count). The molecule has 0 amide bonds. The van der Waals surface area contributed by atoms with Gasteiger partial charge in [0, 0.05) is 10.9 Å². The molecular formula is C9H8ClNOS. The Morgan fingerprint density at radius 3 is 2.85 bits per heavy atom. The van der Waals surface area contributed by atoms with Gasteiger partial charge in [0.1, 0.15) is 5.75 Å². The van der Waals surface area contributed by atoms with Gasteiger partial charge in [-0.25, -0.2) is 0 Å². The normalized spacial score (nSPS) is 10.8. The first-order chi connectivity index (χ1) is 6.20. The second-order valence-corrected chi connectivity index (χ2v) is 4.20. The molecule has 1 aromatic carbocycles. The molecule has 0 spiro atoms. The van der Waals surface area contributed by atoms with E-state index in [-0.39, 0.29) is 5.75 Å². The number of hydrogen-bond acceptors (Lipinski definition) is 3. The summed E-state index contributed by atoms with van der Waals surface area (Å²) in [4.78, 5) is 1.06. The van der Waals surface area contributed by atoms with Crippen molar-refractivity contribution in [2.45, 2.75) is 5.88 Å². The Bertz CT molecular complexity index is 452. The summed E-state index contributed by atoms with van der Waals surface area (Å²) in [7, 11) is 0. The number of alkyl halides is 1. The number of hydrogen-bond donors (Lipinski definition) is 2. The zero-order chi connectivity index (χ0) is 9.42. The van der Waals surface area contributed by atoms with Crippen molar-refractivity contribution in [3.63, 3.8) is 0 Å². The van der Waals surface area contributed by atoms with Crippen LogP contribution in [-0.2, 0) is 5.88 Å². The van der Waals surface area contributed by atoms with Crippen LogP contribution in [0.4, 0.5) is 5.69 Å². The molecule has 0 radical (unpaired) electrons. The first-order valence-corrected chi connectivity index (χ1v) is 5.12. The number of aromatic hydroxyl groups is 1. The third-order valence-corrected chi connectivity index (χ3v) is 3.46. The second kappa shape index (κ2) is 3.09. The summed E-state index contributed by atoms with van der Waals surface area (Å²) >= 11 is 7.26. The van der Waals surface area contributed by atoms with Gasteiger partial charge in [0.2, 0.25) is 0 Å². The molecule has 1 heterocycles. The number of thiophene rings is 1. The Morgan fingerprint density at radius 1 is 1.38 bits per heavy atom. The number of phenolic OH excluding ortho intramolecular Hbond substituents is 1. The largest absolute Gasteiger partial charge is 0.508 e. The lowest BCUT2D eigenvalue weighted by Crippen LogP contribution is -1.82. The zero-order valence-corrected chi connectivity index (χ0v) is 8.32. The summed E-state index contributed by atoms with van der Waals surface area (Å²) in [6.45, 7) is 0. The number of nitrogen functional groups attached to an aromatic ring is 1. The SMILES string of the molecule is Nc1cc(O)cc2cc(CCl)sc12. The Balaban J connectivity index is 2.75. The summed E-state index contributed by atoms with van der Waals surface area (Å²) in [5.41, 5.74) is 6.34. The lowest BCUT2D eigenvalue weighted by atomic mass is 10.2. The summed E-state index contributed by atoms with van der Waals surface area (Å²) in [5.74, 6) is 0.684. The molecule has 68 valence electrons. The molecule has 3 N–H and O–H groups in total. The third kappa shape index (κ3) is 1.45. The molecule has 0 unspecified atom stereocenters. The summed E-state index contributed by atoms with van der Waals surface area (Å²) in [6, 6.07) is 5.19. The van der Waals surface area contributed by atoms with Gasteiger partial charge in [0.15, 0.2) is 0 Å². The topological polar surface area (TPSA) is 46.2 Å². The fourth-order valence-corrected chi connectivity index (χ4v) is 2.44. The van der Waals surface area contributed by atoms with E-state index in [1.165, 1.54) is 0 Å². The number of phenols is 1. The Morgan fingerprint density at radius 2 is 2.15 bits per heavy atom. The van der Waals surface area contributed by atoms with Gasteiger partial charge >= 0.3 is 0 Å². The van der Waals surface area contributed by atoms with Crippen molar-refractivity contribution >= 4 is 38.7 Å². The van der Waals surface area contributed by atoms with Gasteiger partial charge in [0.05, 0.1) is 16.3 Å². The molecule has 1 aromatic heterocycles. The minimum atomic E-state index is 0.198. The van der Waals surface area contributed by atoms with Crippen LogP contribution in [0.15, 0.2) is 18.2 Å². The first-order valence-electron chi connectivity index (χ1n) is 3.77. The van der Waals surface area contributed by atoms with Crippen molar-refractivity contribution in [3.05, 3.63) is 23.1 Å².